The number of nitrogens with zero attached hydrogens (tertiary/aromatic N) is 1. The van der Waals surface area contributed by atoms with E-state index < -0.39 is 48.4 Å². The molecule has 2 rings (SSSR count). The predicted molar refractivity (Wildman–Crippen MR) is 78.5 cm³/mol. The van der Waals surface area contributed by atoms with Crippen LogP contribution < -0.4 is 11.1 Å². The molecule has 0 atom stereocenters. The summed E-state index contributed by atoms with van der Waals surface area (Å²) in [4.78, 5) is 22.9. The van der Waals surface area contributed by atoms with Gasteiger partial charge in [-0.1, -0.05) is 6.07 Å². The average molecular weight is 339 g/mol. The maximum absolute atomic E-state index is 14.1. The normalized spacial score (nSPS) is 15.4. The minimum Gasteiger partial charge on any atom is -0.366 e. The molecule has 128 valence electrons. The Labute approximate surface area is 136 Å². The van der Waals surface area contributed by atoms with Crippen molar-refractivity contribution >= 4 is 11.8 Å². The van der Waals surface area contributed by atoms with E-state index in [1.54, 1.807) is 0 Å². The van der Waals surface area contributed by atoms with Crippen LogP contribution in [0.3, 0.4) is 0 Å². The highest BCUT2D eigenvalue weighted by Crippen LogP contribution is 2.34. The maximum Gasteiger partial charge on any atom is 0.252 e. The van der Waals surface area contributed by atoms with Gasteiger partial charge in [0.05, 0.1) is 6.07 Å². The van der Waals surface area contributed by atoms with Crippen molar-refractivity contribution in [3.63, 3.8) is 0 Å². The Bertz CT molecular complexity index is 709. The van der Waals surface area contributed by atoms with Gasteiger partial charge in [0.1, 0.15) is 11.4 Å². The van der Waals surface area contributed by atoms with Crippen molar-refractivity contribution in [2.24, 2.45) is 5.73 Å². The lowest BCUT2D eigenvalue weighted by Crippen LogP contribution is -2.36. The number of nitriles is 1. The van der Waals surface area contributed by atoms with Crippen LogP contribution in [-0.2, 0) is 11.2 Å². The van der Waals surface area contributed by atoms with Crippen LogP contribution in [0.5, 0.6) is 0 Å². The Morgan fingerprint density at radius 3 is 2.58 bits per heavy atom. The van der Waals surface area contributed by atoms with Crippen molar-refractivity contribution in [2.75, 3.05) is 0 Å². The fraction of sp³-hybridized carbons (Fsp3) is 0.438. The van der Waals surface area contributed by atoms with Crippen LogP contribution in [-0.4, -0.2) is 23.3 Å². The van der Waals surface area contributed by atoms with Crippen LogP contribution in [0.4, 0.5) is 13.2 Å². The van der Waals surface area contributed by atoms with Gasteiger partial charge >= 0.3 is 0 Å². The van der Waals surface area contributed by atoms with Crippen molar-refractivity contribution in [1.82, 2.24) is 5.32 Å². The number of rotatable bonds is 7. The Balaban J connectivity index is 1.97. The number of carbonyl (C=O) groups is 2. The van der Waals surface area contributed by atoms with Gasteiger partial charge in [-0.05, 0) is 30.5 Å². The van der Waals surface area contributed by atoms with Gasteiger partial charge in [-0.2, -0.15) is 5.26 Å². The number of alkyl halides is 2. The lowest BCUT2D eigenvalue weighted by atomic mass is 9.98. The Morgan fingerprint density at radius 1 is 1.38 bits per heavy atom. The molecule has 0 aromatic heterocycles. The van der Waals surface area contributed by atoms with Crippen LogP contribution >= 0.6 is 0 Å². The van der Waals surface area contributed by atoms with Crippen LogP contribution in [0.15, 0.2) is 18.2 Å². The standard InChI is InChI=1S/C16H16F3N3O2/c17-11-2-1-10(12(7-11)14(21)24)8-16(18,19)4-3-13(23)22-15(9-20)5-6-15/h1-2,7H,3-6,8H2,(H2,21,24)(H,22,23). The topological polar surface area (TPSA) is 96.0 Å². The van der Waals surface area contributed by atoms with Crippen LogP contribution in [0, 0.1) is 17.1 Å². The van der Waals surface area contributed by atoms with E-state index in [0.29, 0.717) is 12.8 Å². The molecule has 0 radical (unpaired) electrons. The van der Waals surface area contributed by atoms with Crippen molar-refractivity contribution < 1.29 is 22.8 Å². The number of hydrogen-bond donors (Lipinski definition) is 2. The molecule has 5 nitrogen and oxygen atoms in total. The monoisotopic (exact) mass is 339 g/mol. The second-order valence-corrected chi connectivity index (χ2v) is 5.94. The second-order valence-electron chi connectivity index (χ2n) is 5.94. The van der Waals surface area contributed by atoms with Gasteiger partial charge in [-0.25, -0.2) is 13.2 Å². The first-order valence-electron chi connectivity index (χ1n) is 7.35. The third kappa shape index (κ3) is 4.47. The van der Waals surface area contributed by atoms with Crippen molar-refractivity contribution in [1.29, 1.82) is 5.26 Å². The molecule has 1 aliphatic carbocycles. The van der Waals surface area contributed by atoms with Gasteiger partial charge in [0.15, 0.2) is 0 Å². The molecule has 0 saturated heterocycles. The molecule has 0 heterocycles. The minimum absolute atomic E-state index is 0.0787. The summed E-state index contributed by atoms with van der Waals surface area (Å²) in [7, 11) is 0. The summed E-state index contributed by atoms with van der Waals surface area (Å²) in [6, 6.07) is 4.80. The van der Waals surface area contributed by atoms with E-state index in [4.69, 9.17) is 11.0 Å². The summed E-state index contributed by atoms with van der Waals surface area (Å²) in [6.07, 6.45) is -1.01. The van der Waals surface area contributed by atoms with Crippen LogP contribution in [0.25, 0.3) is 0 Å². The number of amides is 2. The molecule has 1 saturated carbocycles. The van der Waals surface area contributed by atoms with Gasteiger partial charge in [0, 0.05) is 24.8 Å². The van der Waals surface area contributed by atoms with E-state index in [9.17, 15) is 22.8 Å². The lowest BCUT2D eigenvalue weighted by Gasteiger charge is -2.18. The first-order chi connectivity index (χ1) is 11.2. The molecule has 0 bridgehead atoms. The molecule has 3 N–H and O–H groups in total. The first-order valence-corrected chi connectivity index (χ1v) is 7.35. The molecular weight excluding hydrogens is 323 g/mol. The van der Waals surface area contributed by atoms with E-state index in [1.807, 2.05) is 6.07 Å². The molecule has 1 aromatic carbocycles. The number of hydrogen-bond acceptors (Lipinski definition) is 3. The largest absolute Gasteiger partial charge is 0.366 e. The summed E-state index contributed by atoms with van der Waals surface area (Å²) >= 11 is 0. The van der Waals surface area contributed by atoms with Crippen LogP contribution in [0.1, 0.15) is 41.6 Å². The highest BCUT2D eigenvalue weighted by molar-refractivity contribution is 5.94. The summed E-state index contributed by atoms with van der Waals surface area (Å²) in [5.74, 6) is -5.64. The minimum atomic E-state index is -3.28. The second kappa shape index (κ2) is 6.51. The molecule has 2 amide bonds. The molecular formula is C16H16F3N3O2. The third-order valence-corrected chi connectivity index (χ3v) is 3.85. The molecule has 0 unspecified atom stereocenters. The number of primary amides is 1. The van der Waals surface area contributed by atoms with E-state index in [2.05, 4.69) is 5.32 Å². The van der Waals surface area contributed by atoms with Crippen LogP contribution in [0.2, 0.25) is 0 Å². The van der Waals surface area contributed by atoms with Crippen molar-refractivity contribution in [3.05, 3.63) is 35.1 Å². The third-order valence-electron chi connectivity index (χ3n) is 3.85. The smallest absolute Gasteiger partial charge is 0.252 e. The maximum atomic E-state index is 14.1. The summed E-state index contributed by atoms with van der Waals surface area (Å²) in [5, 5.41) is 11.3. The van der Waals surface area contributed by atoms with Gasteiger partial charge in [0.25, 0.3) is 5.92 Å². The molecule has 24 heavy (non-hydrogen) atoms. The van der Waals surface area contributed by atoms with Gasteiger partial charge in [-0.3, -0.25) is 9.59 Å². The Kier molecular flexibility index (Phi) is 4.83. The lowest BCUT2D eigenvalue weighted by molar-refractivity contribution is -0.123. The highest BCUT2D eigenvalue weighted by atomic mass is 19.3. The number of nitrogens with one attached hydrogen (secondary N) is 1. The first kappa shape index (κ1) is 17.8. The molecule has 0 aliphatic heterocycles. The number of benzene rings is 1. The number of carbonyl (C=O) groups excluding carboxylic acids is 2. The molecule has 1 aromatic rings. The molecule has 8 heteroatoms. The van der Waals surface area contributed by atoms with Gasteiger partial charge < -0.3 is 11.1 Å². The summed E-state index contributed by atoms with van der Waals surface area (Å²) in [6.45, 7) is 0. The van der Waals surface area contributed by atoms with Gasteiger partial charge in [0.2, 0.25) is 11.8 Å². The molecule has 1 aliphatic rings. The van der Waals surface area contributed by atoms with Crippen molar-refractivity contribution in [3.8, 4) is 6.07 Å². The Hall–Kier alpha value is -2.56. The summed E-state index contributed by atoms with van der Waals surface area (Å²) < 4.78 is 41.2. The SMILES string of the molecule is N#CC1(NC(=O)CCC(F)(F)Cc2ccc(F)cc2C(N)=O)CC1. The zero-order valence-corrected chi connectivity index (χ0v) is 12.7. The average Bonchev–Trinajstić information content (AvgIpc) is 3.27. The van der Waals surface area contributed by atoms with E-state index in [0.717, 1.165) is 18.2 Å². The van der Waals surface area contributed by atoms with E-state index in [1.165, 1.54) is 0 Å². The molecule has 1 fully saturated rings. The van der Waals surface area contributed by atoms with Gasteiger partial charge in [-0.15, -0.1) is 0 Å². The number of halogens is 3. The summed E-state index contributed by atoms with van der Waals surface area (Å²) in [5.41, 5.74) is 3.79. The van der Waals surface area contributed by atoms with E-state index >= 15 is 0 Å². The zero-order chi connectivity index (χ0) is 18.0. The number of nitrogens with two attached hydrogens (primary N) is 1. The molecule has 0 spiro atoms. The predicted octanol–water partition coefficient (Wildman–Crippen LogP) is 2.05. The van der Waals surface area contributed by atoms with E-state index in [-0.39, 0.29) is 11.1 Å². The Morgan fingerprint density at radius 2 is 2.04 bits per heavy atom. The highest BCUT2D eigenvalue weighted by Gasteiger charge is 2.44. The fourth-order valence-corrected chi connectivity index (χ4v) is 2.31. The fourth-order valence-electron chi connectivity index (χ4n) is 2.31. The van der Waals surface area contributed by atoms with Crippen molar-refractivity contribution in [2.45, 2.75) is 43.6 Å². The zero-order valence-electron chi connectivity index (χ0n) is 12.7. The quantitative estimate of drug-likeness (QED) is 0.796.